The molecule has 0 radical (unpaired) electrons. The second kappa shape index (κ2) is 9.78. The lowest BCUT2D eigenvalue weighted by Crippen LogP contribution is -2.34. The number of carbonyl (C=O) groups excluding carboxylic acids is 2. The van der Waals surface area contributed by atoms with E-state index in [0.717, 1.165) is 23.1 Å². The van der Waals surface area contributed by atoms with Gasteiger partial charge in [-0.3, -0.25) is 18.8 Å². The van der Waals surface area contributed by atoms with Crippen molar-refractivity contribution in [2.45, 2.75) is 46.7 Å². The topological polar surface area (TPSA) is 97.5 Å². The van der Waals surface area contributed by atoms with Gasteiger partial charge in [0, 0.05) is 23.8 Å². The zero-order valence-corrected chi connectivity index (χ0v) is 18.6. The van der Waals surface area contributed by atoms with Crippen LogP contribution in [0.4, 0.5) is 0 Å². The molecule has 0 aliphatic carbocycles. The number of carbonyl (C=O) groups is 2. The maximum absolute atomic E-state index is 13.0. The molecular formula is C22H26ClN5O3. The SMILES string of the molecule is CCCCNC(=O)c1c(C)c2c(=O)n(CC(=O)NCc3ccccc3Cl)ncn2c1C. The van der Waals surface area contributed by atoms with Gasteiger partial charge in [-0.1, -0.05) is 43.1 Å². The van der Waals surface area contributed by atoms with Crippen LogP contribution in [0, 0.1) is 13.8 Å². The Morgan fingerprint density at radius 1 is 1.16 bits per heavy atom. The van der Waals surface area contributed by atoms with Gasteiger partial charge in [-0.15, -0.1) is 0 Å². The van der Waals surface area contributed by atoms with E-state index in [9.17, 15) is 14.4 Å². The summed E-state index contributed by atoms with van der Waals surface area (Å²) in [6.45, 7) is 6.15. The Morgan fingerprint density at radius 2 is 1.90 bits per heavy atom. The van der Waals surface area contributed by atoms with Crippen LogP contribution in [0.1, 0.15) is 46.9 Å². The molecule has 2 amide bonds. The molecule has 1 aromatic carbocycles. The number of fused-ring (bicyclic) bond motifs is 1. The molecule has 0 aliphatic rings. The van der Waals surface area contributed by atoms with E-state index in [0.29, 0.717) is 33.9 Å². The zero-order valence-electron chi connectivity index (χ0n) is 17.9. The van der Waals surface area contributed by atoms with Crippen molar-refractivity contribution in [1.29, 1.82) is 0 Å². The molecule has 3 rings (SSSR count). The van der Waals surface area contributed by atoms with Crippen molar-refractivity contribution in [3.8, 4) is 0 Å². The van der Waals surface area contributed by atoms with E-state index in [1.54, 1.807) is 24.3 Å². The highest BCUT2D eigenvalue weighted by Crippen LogP contribution is 2.19. The quantitative estimate of drug-likeness (QED) is 0.523. The Morgan fingerprint density at radius 3 is 2.61 bits per heavy atom. The van der Waals surface area contributed by atoms with E-state index >= 15 is 0 Å². The van der Waals surface area contributed by atoms with Crippen LogP contribution in [-0.2, 0) is 17.9 Å². The third kappa shape index (κ3) is 4.80. The first-order valence-electron chi connectivity index (χ1n) is 10.2. The molecule has 8 nitrogen and oxygen atoms in total. The fraction of sp³-hybridized carbons (Fsp3) is 0.364. The van der Waals surface area contributed by atoms with Crippen molar-refractivity contribution in [3.63, 3.8) is 0 Å². The van der Waals surface area contributed by atoms with E-state index in [2.05, 4.69) is 15.7 Å². The molecule has 0 fully saturated rings. The smallest absolute Gasteiger partial charge is 0.291 e. The summed E-state index contributed by atoms with van der Waals surface area (Å²) >= 11 is 6.10. The zero-order chi connectivity index (χ0) is 22.5. The number of benzene rings is 1. The molecule has 164 valence electrons. The number of rotatable bonds is 8. The van der Waals surface area contributed by atoms with Gasteiger partial charge in [-0.25, -0.2) is 4.68 Å². The van der Waals surface area contributed by atoms with Crippen molar-refractivity contribution in [2.24, 2.45) is 0 Å². The van der Waals surface area contributed by atoms with Crippen LogP contribution in [0.3, 0.4) is 0 Å². The minimum absolute atomic E-state index is 0.212. The predicted octanol–water partition coefficient (Wildman–Crippen LogP) is 2.61. The van der Waals surface area contributed by atoms with Gasteiger partial charge < -0.3 is 10.6 Å². The van der Waals surface area contributed by atoms with Crippen molar-refractivity contribution in [1.82, 2.24) is 24.8 Å². The van der Waals surface area contributed by atoms with Gasteiger partial charge in [0.05, 0.1) is 5.56 Å². The lowest BCUT2D eigenvalue weighted by molar-refractivity contribution is -0.122. The molecule has 0 unspecified atom stereocenters. The van der Waals surface area contributed by atoms with Crippen LogP contribution in [0.5, 0.6) is 0 Å². The number of hydrogen-bond acceptors (Lipinski definition) is 4. The van der Waals surface area contributed by atoms with Crippen LogP contribution in [0.2, 0.25) is 5.02 Å². The van der Waals surface area contributed by atoms with Crippen LogP contribution in [-0.4, -0.2) is 32.5 Å². The minimum atomic E-state index is -0.427. The van der Waals surface area contributed by atoms with Crippen molar-refractivity contribution in [2.75, 3.05) is 6.54 Å². The summed E-state index contributed by atoms with van der Waals surface area (Å²) in [5.41, 5.74) is 2.38. The second-order valence-electron chi connectivity index (χ2n) is 7.38. The normalized spacial score (nSPS) is 11.0. The van der Waals surface area contributed by atoms with E-state index in [4.69, 9.17) is 11.6 Å². The van der Waals surface area contributed by atoms with Crippen molar-refractivity contribution in [3.05, 3.63) is 68.4 Å². The first-order chi connectivity index (χ1) is 14.8. The molecule has 2 aromatic heterocycles. The molecule has 3 aromatic rings. The van der Waals surface area contributed by atoms with Gasteiger partial charge in [0.2, 0.25) is 5.91 Å². The number of halogens is 1. The predicted molar refractivity (Wildman–Crippen MR) is 119 cm³/mol. The molecular weight excluding hydrogens is 418 g/mol. The summed E-state index contributed by atoms with van der Waals surface area (Å²) in [6.07, 6.45) is 3.32. The average molecular weight is 444 g/mol. The highest BCUT2D eigenvalue weighted by Gasteiger charge is 2.22. The fourth-order valence-electron chi connectivity index (χ4n) is 3.50. The number of nitrogens with zero attached hydrogens (tertiary/aromatic N) is 3. The number of nitrogens with one attached hydrogen (secondary N) is 2. The van der Waals surface area contributed by atoms with Gasteiger partial charge in [0.1, 0.15) is 18.4 Å². The first kappa shape index (κ1) is 22.6. The number of aromatic nitrogens is 3. The van der Waals surface area contributed by atoms with E-state index in [-0.39, 0.29) is 24.9 Å². The van der Waals surface area contributed by atoms with Crippen LogP contribution < -0.4 is 16.2 Å². The highest BCUT2D eigenvalue weighted by atomic mass is 35.5. The molecule has 0 aliphatic heterocycles. The minimum Gasteiger partial charge on any atom is -0.352 e. The van der Waals surface area contributed by atoms with E-state index in [1.807, 2.05) is 25.1 Å². The highest BCUT2D eigenvalue weighted by molar-refractivity contribution is 6.31. The number of unbranched alkanes of at least 4 members (excludes halogenated alkanes) is 1. The summed E-state index contributed by atoms with van der Waals surface area (Å²) in [5.74, 6) is -0.576. The van der Waals surface area contributed by atoms with Crippen LogP contribution in [0.25, 0.3) is 5.52 Å². The molecule has 31 heavy (non-hydrogen) atoms. The molecule has 0 saturated carbocycles. The molecule has 9 heteroatoms. The third-order valence-corrected chi connectivity index (χ3v) is 5.58. The number of amides is 2. The average Bonchev–Trinajstić information content (AvgIpc) is 3.00. The summed E-state index contributed by atoms with van der Waals surface area (Å²) in [5, 5.41) is 10.3. The molecule has 2 N–H and O–H groups in total. The molecule has 0 atom stereocenters. The van der Waals surface area contributed by atoms with E-state index in [1.165, 1.54) is 6.33 Å². The largest absolute Gasteiger partial charge is 0.352 e. The number of hydrogen-bond donors (Lipinski definition) is 2. The lowest BCUT2D eigenvalue weighted by Gasteiger charge is -2.08. The van der Waals surface area contributed by atoms with Crippen LogP contribution in [0.15, 0.2) is 35.4 Å². The fourth-order valence-corrected chi connectivity index (χ4v) is 3.70. The lowest BCUT2D eigenvalue weighted by atomic mass is 10.1. The Balaban J connectivity index is 1.81. The van der Waals surface area contributed by atoms with Gasteiger partial charge >= 0.3 is 0 Å². The molecule has 0 bridgehead atoms. The summed E-state index contributed by atoms with van der Waals surface area (Å²) in [6, 6.07) is 7.21. The molecule has 0 saturated heterocycles. The standard InChI is InChI=1S/C22H26ClN5O3/c1-4-5-10-24-21(30)19-14(2)20-22(31)28(26-13-27(20)15(19)3)12-18(29)25-11-16-8-6-7-9-17(16)23/h6-9,13H,4-5,10-12H2,1-3H3,(H,24,30)(H,25,29). The summed E-state index contributed by atoms with van der Waals surface area (Å²) < 4.78 is 2.70. The van der Waals surface area contributed by atoms with Gasteiger partial charge in [0.25, 0.3) is 11.5 Å². The Bertz CT molecular complexity index is 1180. The van der Waals surface area contributed by atoms with Crippen LogP contribution >= 0.6 is 11.6 Å². The second-order valence-corrected chi connectivity index (χ2v) is 7.78. The first-order valence-corrected chi connectivity index (χ1v) is 10.6. The third-order valence-electron chi connectivity index (χ3n) is 5.21. The number of aryl methyl sites for hydroxylation is 2. The Kier molecular flexibility index (Phi) is 7.12. The van der Waals surface area contributed by atoms with Gasteiger partial charge in [-0.05, 0) is 37.5 Å². The monoisotopic (exact) mass is 443 g/mol. The van der Waals surface area contributed by atoms with Gasteiger partial charge in [-0.2, -0.15) is 5.10 Å². The summed E-state index contributed by atoms with van der Waals surface area (Å²) in [4.78, 5) is 38.0. The van der Waals surface area contributed by atoms with Crippen molar-refractivity contribution < 1.29 is 9.59 Å². The maximum Gasteiger partial charge on any atom is 0.291 e. The maximum atomic E-state index is 13.0. The Labute approximate surface area is 185 Å². The van der Waals surface area contributed by atoms with E-state index < -0.39 is 5.56 Å². The van der Waals surface area contributed by atoms with Gasteiger partial charge in [0.15, 0.2) is 0 Å². The summed E-state index contributed by atoms with van der Waals surface area (Å²) in [7, 11) is 0. The van der Waals surface area contributed by atoms with Crippen molar-refractivity contribution >= 4 is 28.9 Å². The molecule has 0 spiro atoms. The molecule has 2 heterocycles. The Hall–Kier alpha value is -3.13.